The van der Waals surface area contributed by atoms with E-state index >= 15 is 0 Å². The lowest BCUT2D eigenvalue weighted by molar-refractivity contribution is -0.139. The highest BCUT2D eigenvalue weighted by molar-refractivity contribution is 7.92. The molecule has 1 N–H and O–H groups in total. The van der Waals surface area contributed by atoms with Gasteiger partial charge in [-0.05, 0) is 74.4 Å². The summed E-state index contributed by atoms with van der Waals surface area (Å²) in [4.78, 5) is 28.0. The highest BCUT2D eigenvalue weighted by Gasteiger charge is 2.32. The fourth-order valence-electron chi connectivity index (χ4n) is 3.74. The molecule has 3 rings (SSSR count). The van der Waals surface area contributed by atoms with Gasteiger partial charge in [0.25, 0.3) is 10.0 Å². The van der Waals surface area contributed by atoms with Crippen LogP contribution in [0.3, 0.4) is 0 Å². The van der Waals surface area contributed by atoms with Crippen molar-refractivity contribution in [2.75, 3.05) is 10.8 Å². The van der Waals surface area contributed by atoms with Gasteiger partial charge in [0.05, 0.1) is 20.6 Å². The van der Waals surface area contributed by atoms with Gasteiger partial charge < -0.3 is 10.2 Å². The molecule has 0 heterocycles. The van der Waals surface area contributed by atoms with Gasteiger partial charge in [0.2, 0.25) is 11.8 Å². The van der Waals surface area contributed by atoms with Gasteiger partial charge in [-0.2, -0.15) is 0 Å². The van der Waals surface area contributed by atoms with Crippen LogP contribution in [-0.4, -0.2) is 43.8 Å². The van der Waals surface area contributed by atoms with E-state index in [1.54, 1.807) is 55.5 Å². The number of anilines is 1. The molecule has 2 atom stereocenters. The van der Waals surface area contributed by atoms with Crippen LogP contribution in [0.15, 0.2) is 77.7 Å². The lowest BCUT2D eigenvalue weighted by atomic mass is 10.1. The van der Waals surface area contributed by atoms with E-state index < -0.39 is 34.3 Å². The number of carbonyl (C=O) groups is 2. The molecule has 0 saturated carbocycles. The SMILES string of the molecule is CC[C@H](C)NC(=O)[C@@H](C)N(Cc1ccc(Cl)c(Cl)c1)C(=O)CN(c1ccccc1)S(=O)(=O)c1ccc(F)cc1. The van der Waals surface area contributed by atoms with Gasteiger partial charge in [0.15, 0.2) is 0 Å². The predicted octanol–water partition coefficient (Wildman–Crippen LogP) is 5.66. The number of para-hydroxylation sites is 1. The Hall–Kier alpha value is -3.14. The Bertz CT molecular complexity index is 1410. The first-order valence-electron chi connectivity index (χ1n) is 12.3. The van der Waals surface area contributed by atoms with Crippen LogP contribution in [-0.2, 0) is 26.2 Å². The molecule has 0 unspecified atom stereocenters. The molecule has 0 saturated heterocycles. The molecule has 0 aliphatic carbocycles. The largest absolute Gasteiger partial charge is 0.352 e. The zero-order valence-corrected chi connectivity index (χ0v) is 24.1. The summed E-state index contributed by atoms with van der Waals surface area (Å²) >= 11 is 12.2. The molecule has 3 aromatic rings. The molecule has 208 valence electrons. The number of rotatable bonds is 11. The summed E-state index contributed by atoms with van der Waals surface area (Å²) in [5.41, 5.74) is 0.843. The number of carbonyl (C=O) groups excluding carboxylic acids is 2. The van der Waals surface area contributed by atoms with Gasteiger partial charge in [-0.1, -0.05) is 54.4 Å². The molecule has 0 spiro atoms. The molecule has 3 aromatic carbocycles. The number of hydrogen-bond acceptors (Lipinski definition) is 4. The van der Waals surface area contributed by atoms with E-state index in [2.05, 4.69) is 5.32 Å². The molecular formula is C28H30Cl2FN3O4S. The summed E-state index contributed by atoms with van der Waals surface area (Å²) in [6.07, 6.45) is 0.691. The van der Waals surface area contributed by atoms with Crippen molar-refractivity contribution in [1.29, 1.82) is 0 Å². The Morgan fingerprint density at radius 3 is 2.18 bits per heavy atom. The van der Waals surface area contributed by atoms with Crippen molar-refractivity contribution in [3.63, 3.8) is 0 Å². The molecule has 0 aliphatic heterocycles. The third-order valence-corrected chi connectivity index (χ3v) is 8.76. The van der Waals surface area contributed by atoms with E-state index in [1.165, 1.54) is 4.90 Å². The Balaban J connectivity index is 2.01. The highest BCUT2D eigenvalue weighted by atomic mass is 35.5. The molecule has 39 heavy (non-hydrogen) atoms. The number of benzene rings is 3. The third-order valence-electron chi connectivity index (χ3n) is 6.23. The van der Waals surface area contributed by atoms with Crippen molar-refractivity contribution in [1.82, 2.24) is 10.2 Å². The normalized spacial score (nSPS) is 12.9. The minimum Gasteiger partial charge on any atom is -0.352 e. The standard InChI is InChI=1S/C28H30Cl2FN3O4S/c1-4-19(2)32-28(36)20(3)33(17-21-10-15-25(29)26(30)16-21)27(35)18-34(23-8-6-5-7-9-23)39(37,38)24-13-11-22(31)12-14-24/h5-16,19-20H,4,17-18H2,1-3H3,(H,32,36)/t19-,20+/m0/s1. The summed E-state index contributed by atoms with van der Waals surface area (Å²) in [5.74, 6) is -1.60. The van der Waals surface area contributed by atoms with E-state index in [0.717, 1.165) is 28.6 Å². The highest BCUT2D eigenvalue weighted by Crippen LogP contribution is 2.26. The number of sulfonamides is 1. The van der Waals surface area contributed by atoms with E-state index in [-0.39, 0.29) is 34.1 Å². The number of nitrogens with zero attached hydrogens (tertiary/aromatic N) is 2. The van der Waals surface area contributed by atoms with E-state index in [0.29, 0.717) is 17.0 Å². The Morgan fingerprint density at radius 2 is 1.59 bits per heavy atom. The van der Waals surface area contributed by atoms with Crippen LogP contribution >= 0.6 is 23.2 Å². The van der Waals surface area contributed by atoms with Gasteiger partial charge in [-0.25, -0.2) is 12.8 Å². The maximum absolute atomic E-state index is 13.8. The number of amides is 2. The summed E-state index contributed by atoms with van der Waals surface area (Å²) in [6.45, 7) is 4.72. The van der Waals surface area contributed by atoms with Crippen molar-refractivity contribution < 1.29 is 22.4 Å². The molecule has 0 fully saturated rings. The minimum absolute atomic E-state index is 0.0238. The monoisotopic (exact) mass is 593 g/mol. The summed E-state index contributed by atoms with van der Waals surface area (Å²) in [7, 11) is -4.27. The molecule has 2 amide bonds. The van der Waals surface area contributed by atoms with Crippen LogP contribution in [0.1, 0.15) is 32.8 Å². The topological polar surface area (TPSA) is 86.8 Å². The van der Waals surface area contributed by atoms with E-state index in [9.17, 15) is 22.4 Å². The van der Waals surface area contributed by atoms with E-state index in [4.69, 9.17) is 23.2 Å². The predicted molar refractivity (Wildman–Crippen MR) is 152 cm³/mol. The van der Waals surface area contributed by atoms with Crippen molar-refractivity contribution in [3.05, 3.63) is 94.2 Å². The number of hydrogen-bond donors (Lipinski definition) is 1. The van der Waals surface area contributed by atoms with Crippen LogP contribution in [0.25, 0.3) is 0 Å². The summed E-state index contributed by atoms with van der Waals surface area (Å²) in [6, 6.07) is 16.2. The Kier molecular flexibility index (Phi) is 10.4. The van der Waals surface area contributed by atoms with Crippen LogP contribution in [0.4, 0.5) is 10.1 Å². The van der Waals surface area contributed by atoms with Gasteiger partial charge in [-0.3, -0.25) is 13.9 Å². The smallest absolute Gasteiger partial charge is 0.264 e. The molecule has 11 heteroatoms. The Morgan fingerprint density at radius 1 is 0.949 bits per heavy atom. The zero-order chi connectivity index (χ0) is 28.7. The van der Waals surface area contributed by atoms with Crippen LogP contribution in [0.5, 0.6) is 0 Å². The molecule has 0 bridgehead atoms. The fraction of sp³-hybridized carbons (Fsp3) is 0.286. The number of halogens is 3. The summed E-state index contributed by atoms with van der Waals surface area (Å²) < 4.78 is 41.8. The van der Waals surface area contributed by atoms with Crippen LogP contribution in [0.2, 0.25) is 10.0 Å². The average molecular weight is 595 g/mol. The number of nitrogens with one attached hydrogen (secondary N) is 1. The van der Waals surface area contributed by atoms with Crippen molar-refractivity contribution in [2.45, 2.75) is 50.7 Å². The van der Waals surface area contributed by atoms with Crippen molar-refractivity contribution in [2.24, 2.45) is 0 Å². The van der Waals surface area contributed by atoms with Gasteiger partial charge in [0, 0.05) is 12.6 Å². The first-order valence-corrected chi connectivity index (χ1v) is 14.5. The maximum Gasteiger partial charge on any atom is 0.264 e. The fourth-order valence-corrected chi connectivity index (χ4v) is 5.47. The van der Waals surface area contributed by atoms with Gasteiger partial charge >= 0.3 is 0 Å². The van der Waals surface area contributed by atoms with Crippen molar-refractivity contribution >= 4 is 50.7 Å². The van der Waals surface area contributed by atoms with E-state index in [1.807, 2.05) is 13.8 Å². The van der Waals surface area contributed by atoms with Crippen LogP contribution in [0, 0.1) is 5.82 Å². The van der Waals surface area contributed by atoms with Gasteiger partial charge in [-0.15, -0.1) is 0 Å². The molecule has 0 aromatic heterocycles. The zero-order valence-electron chi connectivity index (χ0n) is 21.8. The second-order valence-corrected chi connectivity index (χ2v) is 11.7. The first kappa shape index (κ1) is 30.4. The maximum atomic E-state index is 13.8. The molecule has 7 nitrogen and oxygen atoms in total. The van der Waals surface area contributed by atoms with Crippen LogP contribution < -0.4 is 9.62 Å². The van der Waals surface area contributed by atoms with Crippen molar-refractivity contribution in [3.8, 4) is 0 Å². The average Bonchev–Trinajstić information content (AvgIpc) is 2.92. The third kappa shape index (κ3) is 7.71. The Labute approximate surface area is 238 Å². The quantitative estimate of drug-likeness (QED) is 0.311. The summed E-state index contributed by atoms with van der Waals surface area (Å²) in [5, 5.41) is 3.49. The minimum atomic E-state index is -4.27. The molecular weight excluding hydrogens is 564 g/mol. The second kappa shape index (κ2) is 13.3. The van der Waals surface area contributed by atoms with Gasteiger partial charge in [0.1, 0.15) is 18.4 Å². The molecule has 0 radical (unpaired) electrons. The second-order valence-electron chi connectivity index (χ2n) is 9.07. The lowest BCUT2D eigenvalue weighted by Crippen LogP contribution is -2.52. The molecule has 0 aliphatic rings. The first-order chi connectivity index (χ1) is 18.4. The lowest BCUT2D eigenvalue weighted by Gasteiger charge is -2.32.